The van der Waals surface area contributed by atoms with E-state index in [2.05, 4.69) is 22.3 Å². The molecule has 0 aliphatic heterocycles. The Hall–Kier alpha value is -2.22. The van der Waals surface area contributed by atoms with E-state index in [0.717, 1.165) is 9.36 Å². The number of aromatic nitrogens is 4. The molecule has 8 heteroatoms. The van der Waals surface area contributed by atoms with E-state index in [1.807, 2.05) is 11.4 Å². The van der Waals surface area contributed by atoms with Crippen molar-refractivity contribution in [1.29, 1.82) is 0 Å². The molecule has 1 amide bonds. The molecular weight excluding hydrogens is 254 g/mol. The third kappa shape index (κ3) is 2.54. The molecular formula is C10H11N5O2S. The molecule has 0 aliphatic carbocycles. The van der Waals surface area contributed by atoms with Crippen molar-refractivity contribution in [2.24, 2.45) is 0 Å². The second kappa shape index (κ2) is 5.41. The Bertz CT molecular complexity index is 598. The average Bonchev–Trinajstić information content (AvgIpc) is 2.98. The minimum absolute atomic E-state index is 0.155. The fourth-order valence-electron chi connectivity index (χ4n) is 1.28. The SMILES string of the molecule is C=CCNC(=O)Cn1nnn(-c2cccs2)c1=O. The molecule has 1 N–H and O–H groups in total. The first-order valence-electron chi connectivity index (χ1n) is 5.16. The van der Waals surface area contributed by atoms with Crippen molar-refractivity contribution < 1.29 is 4.79 Å². The van der Waals surface area contributed by atoms with Gasteiger partial charge in [-0.2, -0.15) is 9.36 Å². The zero-order valence-electron chi connectivity index (χ0n) is 9.44. The number of tetrazole rings is 1. The summed E-state index contributed by atoms with van der Waals surface area (Å²) in [4.78, 5) is 23.3. The molecule has 7 nitrogen and oxygen atoms in total. The van der Waals surface area contributed by atoms with Crippen molar-refractivity contribution in [3.63, 3.8) is 0 Å². The zero-order chi connectivity index (χ0) is 13.0. The normalized spacial score (nSPS) is 10.2. The lowest BCUT2D eigenvalue weighted by molar-refractivity contribution is -0.121. The molecule has 0 saturated heterocycles. The summed E-state index contributed by atoms with van der Waals surface area (Å²) in [5.41, 5.74) is -0.439. The summed E-state index contributed by atoms with van der Waals surface area (Å²) in [6.07, 6.45) is 1.56. The van der Waals surface area contributed by atoms with Crippen LogP contribution in [0.3, 0.4) is 0 Å². The van der Waals surface area contributed by atoms with Gasteiger partial charge in [-0.25, -0.2) is 4.79 Å². The van der Waals surface area contributed by atoms with E-state index in [4.69, 9.17) is 0 Å². The van der Waals surface area contributed by atoms with Gasteiger partial charge in [-0.05, 0) is 27.9 Å². The van der Waals surface area contributed by atoms with Gasteiger partial charge < -0.3 is 5.32 Å². The fraction of sp³-hybridized carbons (Fsp3) is 0.200. The molecule has 2 aromatic heterocycles. The Balaban J connectivity index is 2.14. The second-order valence-electron chi connectivity index (χ2n) is 3.37. The summed E-state index contributed by atoms with van der Waals surface area (Å²) in [5.74, 6) is -0.310. The highest BCUT2D eigenvalue weighted by Gasteiger charge is 2.11. The number of carbonyl (C=O) groups excluding carboxylic acids is 1. The average molecular weight is 265 g/mol. The highest BCUT2D eigenvalue weighted by molar-refractivity contribution is 7.12. The van der Waals surface area contributed by atoms with E-state index in [9.17, 15) is 9.59 Å². The van der Waals surface area contributed by atoms with Crippen molar-refractivity contribution in [3.8, 4) is 5.00 Å². The zero-order valence-corrected chi connectivity index (χ0v) is 10.3. The van der Waals surface area contributed by atoms with E-state index in [1.54, 1.807) is 12.1 Å². The van der Waals surface area contributed by atoms with Crippen LogP contribution in [0.5, 0.6) is 0 Å². The summed E-state index contributed by atoms with van der Waals surface area (Å²) in [7, 11) is 0. The summed E-state index contributed by atoms with van der Waals surface area (Å²) < 4.78 is 2.17. The molecule has 0 fully saturated rings. The van der Waals surface area contributed by atoms with Gasteiger partial charge in [0.2, 0.25) is 5.91 Å². The van der Waals surface area contributed by atoms with E-state index in [0.29, 0.717) is 11.5 Å². The lowest BCUT2D eigenvalue weighted by Crippen LogP contribution is -2.33. The minimum Gasteiger partial charge on any atom is -0.351 e. The predicted octanol–water partition coefficient (Wildman–Crippen LogP) is -0.207. The summed E-state index contributed by atoms with van der Waals surface area (Å²) in [6.45, 7) is 3.68. The molecule has 0 aromatic carbocycles. The smallest absolute Gasteiger partial charge is 0.351 e. The summed E-state index contributed by atoms with van der Waals surface area (Å²) in [6, 6.07) is 3.56. The van der Waals surface area contributed by atoms with Crippen LogP contribution in [0.4, 0.5) is 0 Å². The van der Waals surface area contributed by atoms with Gasteiger partial charge >= 0.3 is 5.69 Å². The number of thiophene rings is 1. The van der Waals surface area contributed by atoms with Crippen LogP contribution < -0.4 is 11.0 Å². The first-order chi connectivity index (χ1) is 8.72. The highest BCUT2D eigenvalue weighted by Crippen LogP contribution is 2.10. The van der Waals surface area contributed by atoms with Crippen LogP contribution in [-0.4, -0.2) is 32.2 Å². The Morgan fingerprint density at radius 2 is 2.39 bits per heavy atom. The van der Waals surface area contributed by atoms with Crippen molar-refractivity contribution in [1.82, 2.24) is 25.1 Å². The van der Waals surface area contributed by atoms with Gasteiger partial charge in [-0.1, -0.05) is 6.08 Å². The Morgan fingerprint density at radius 1 is 1.56 bits per heavy atom. The van der Waals surface area contributed by atoms with E-state index < -0.39 is 5.69 Å². The Kier molecular flexibility index (Phi) is 3.68. The molecule has 0 unspecified atom stereocenters. The van der Waals surface area contributed by atoms with E-state index in [-0.39, 0.29) is 12.5 Å². The van der Waals surface area contributed by atoms with E-state index >= 15 is 0 Å². The van der Waals surface area contributed by atoms with Crippen molar-refractivity contribution >= 4 is 17.2 Å². The topological polar surface area (TPSA) is 81.8 Å². The number of rotatable bonds is 5. The number of nitrogens with zero attached hydrogens (tertiary/aromatic N) is 4. The van der Waals surface area contributed by atoms with Crippen molar-refractivity contribution in [2.75, 3.05) is 6.54 Å². The summed E-state index contributed by atoms with van der Waals surface area (Å²) in [5, 5.41) is 12.4. The molecule has 2 heterocycles. The molecule has 94 valence electrons. The van der Waals surface area contributed by atoms with Crippen LogP contribution in [0.2, 0.25) is 0 Å². The van der Waals surface area contributed by atoms with Crippen LogP contribution in [-0.2, 0) is 11.3 Å². The van der Waals surface area contributed by atoms with Gasteiger partial charge in [0, 0.05) is 6.54 Å². The standard InChI is InChI=1S/C10H11N5O2S/c1-2-5-11-8(16)7-14-10(17)15(13-12-14)9-4-3-6-18-9/h2-4,6H,1,5,7H2,(H,11,16). The van der Waals surface area contributed by atoms with Crippen LogP contribution in [0, 0.1) is 0 Å². The predicted molar refractivity (Wildman–Crippen MR) is 66.7 cm³/mol. The lowest BCUT2D eigenvalue weighted by atomic mass is 10.5. The maximum Gasteiger partial charge on any atom is 0.369 e. The van der Waals surface area contributed by atoms with Gasteiger partial charge in [0.05, 0.1) is 0 Å². The molecule has 18 heavy (non-hydrogen) atoms. The molecule has 0 bridgehead atoms. The number of nitrogens with one attached hydrogen (secondary N) is 1. The van der Waals surface area contributed by atoms with Gasteiger partial charge in [0.1, 0.15) is 11.5 Å². The maximum absolute atomic E-state index is 11.9. The largest absolute Gasteiger partial charge is 0.369 e. The molecule has 0 spiro atoms. The van der Waals surface area contributed by atoms with Gasteiger partial charge in [0.25, 0.3) is 0 Å². The number of amides is 1. The number of hydrogen-bond donors (Lipinski definition) is 1. The minimum atomic E-state index is -0.439. The van der Waals surface area contributed by atoms with E-state index in [1.165, 1.54) is 11.3 Å². The van der Waals surface area contributed by atoms with Crippen molar-refractivity contribution in [2.45, 2.75) is 6.54 Å². The Labute approximate surface area is 106 Å². The first-order valence-corrected chi connectivity index (χ1v) is 6.04. The molecule has 2 aromatic rings. The summed E-state index contributed by atoms with van der Waals surface area (Å²) >= 11 is 1.37. The third-order valence-electron chi connectivity index (χ3n) is 2.09. The maximum atomic E-state index is 11.9. The van der Waals surface area contributed by atoms with Crippen LogP contribution >= 0.6 is 11.3 Å². The number of carbonyl (C=O) groups is 1. The molecule has 0 atom stereocenters. The highest BCUT2D eigenvalue weighted by atomic mass is 32.1. The van der Waals surface area contributed by atoms with Gasteiger partial charge in [-0.3, -0.25) is 4.79 Å². The quantitative estimate of drug-likeness (QED) is 0.759. The Morgan fingerprint density at radius 3 is 3.06 bits per heavy atom. The van der Waals surface area contributed by atoms with Crippen molar-refractivity contribution in [3.05, 3.63) is 40.7 Å². The fourth-order valence-corrected chi connectivity index (χ4v) is 1.95. The first kappa shape index (κ1) is 12.2. The van der Waals surface area contributed by atoms with Crippen LogP contribution in [0.1, 0.15) is 0 Å². The molecule has 0 saturated carbocycles. The monoisotopic (exact) mass is 265 g/mol. The lowest BCUT2D eigenvalue weighted by Gasteiger charge is -1.99. The van der Waals surface area contributed by atoms with Gasteiger partial charge in [-0.15, -0.1) is 17.9 Å². The van der Waals surface area contributed by atoms with Gasteiger partial charge in [0.15, 0.2) is 0 Å². The van der Waals surface area contributed by atoms with Crippen LogP contribution in [0.25, 0.3) is 5.00 Å². The third-order valence-corrected chi connectivity index (χ3v) is 2.93. The molecule has 0 radical (unpaired) electrons. The van der Waals surface area contributed by atoms with Crippen LogP contribution in [0.15, 0.2) is 35.0 Å². The number of hydrogen-bond acceptors (Lipinski definition) is 5. The molecule has 0 aliphatic rings. The second-order valence-corrected chi connectivity index (χ2v) is 4.30. The molecule has 2 rings (SSSR count).